The van der Waals surface area contributed by atoms with Crippen LogP contribution in [0.2, 0.25) is 0 Å². The fourth-order valence-electron chi connectivity index (χ4n) is 8.19. The number of aromatic hydroxyl groups is 1. The number of phenolic OH excluding ortho intramolecular Hbond substituents is 1. The molecule has 59 heavy (non-hydrogen) atoms. The number of hydrogen-bond acceptors (Lipinski definition) is 5. The van der Waals surface area contributed by atoms with E-state index in [0.717, 1.165) is 105 Å². The smallest absolute Gasteiger partial charge is 0.142 e. The number of hydrogen-bond donors (Lipinski definition) is 1. The van der Waals surface area contributed by atoms with Gasteiger partial charge in [-0.3, -0.25) is 9.97 Å². The van der Waals surface area contributed by atoms with Crippen LogP contribution in [-0.4, -0.2) is 15.1 Å². The maximum absolute atomic E-state index is 11.5. The number of nitrogens with zero attached hydrogens (tertiary/aromatic N) is 2. The Morgan fingerprint density at radius 2 is 1.10 bits per heavy atom. The van der Waals surface area contributed by atoms with Crippen molar-refractivity contribution in [2.24, 2.45) is 0 Å². The molecule has 1 N–H and O–H groups in total. The fraction of sp³-hybridized carbons (Fsp3) is 0.0189. The van der Waals surface area contributed by atoms with Crippen molar-refractivity contribution in [1.82, 2.24) is 9.97 Å². The first kappa shape index (κ1) is 36.3. The van der Waals surface area contributed by atoms with Crippen LogP contribution in [0.1, 0.15) is 5.69 Å². The van der Waals surface area contributed by atoms with Crippen molar-refractivity contribution in [3.05, 3.63) is 188 Å². The molecule has 0 spiro atoms. The Bertz CT molecular complexity index is 3380. The molecule has 4 heterocycles. The summed E-state index contributed by atoms with van der Waals surface area (Å²) < 4.78 is 13.0. The zero-order valence-corrected chi connectivity index (χ0v) is 34.0. The Kier molecular flexibility index (Phi) is 9.04. The SMILES string of the molecule is Cc1cc(-c2oc3ccccc3c2-c2ccc3c(c2)oc2ccccc23)cc(-c2[c-]c(-c3cc(-c4ccccc4)cc(-c4ccc5ccccc5c4O)n3)ccc2)n1.[Pt]. The maximum atomic E-state index is 11.5. The number of aryl methyl sites for hydroxylation is 1. The van der Waals surface area contributed by atoms with Crippen LogP contribution >= 0.6 is 0 Å². The first-order chi connectivity index (χ1) is 28.5. The zero-order chi connectivity index (χ0) is 38.7. The number of furan rings is 2. The Labute approximate surface area is 354 Å². The van der Waals surface area contributed by atoms with E-state index in [1.807, 2.05) is 122 Å². The molecular weight excluding hydrogens is 908 g/mol. The van der Waals surface area contributed by atoms with E-state index in [2.05, 4.69) is 66.7 Å². The average Bonchev–Trinajstić information content (AvgIpc) is 3.85. The van der Waals surface area contributed by atoms with Crippen molar-refractivity contribution < 1.29 is 35.0 Å². The molecule has 4 aromatic heterocycles. The number of phenols is 1. The van der Waals surface area contributed by atoms with Crippen LogP contribution < -0.4 is 0 Å². The van der Waals surface area contributed by atoms with Crippen LogP contribution in [-0.2, 0) is 21.1 Å². The number of fused-ring (bicyclic) bond motifs is 5. The molecule has 0 aliphatic heterocycles. The van der Waals surface area contributed by atoms with Gasteiger partial charge < -0.3 is 13.9 Å². The minimum atomic E-state index is 0. The van der Waals surface area contributed by atoms with Gasteiger partial charge in [0.25, 0.3) is 0 Å². The van der Waals surface area contributed by atoms with E-state index in [0.29, 0.717) is 11.3 Å². The van der Waals surface area contributed by atoms with Crippen molar-refractivity contribution in [1.29, 1.82) is 0 Å². The van der Waals surface area contributed by atoms with Gasteiger partial charge in [0, 0.05) is 76.4 Å². The molecule has 0 unspecified atom stereocenters. The van der Waals surface area contributed by atoms with Crippen molar-refractivity contribution in [2.45, 2.75) is 6.92 Å². The number of benzene rings is 7. The Morgan fingerprint density at radius 1 is 0.458 bits per heavy atom. The molecule has 0 aliphatic carbocycles. The third-order valence-electron chi connectivity index (χ3n) is 10.9. The maximum Gasteiger partial charge on any atom is 0.142 e. The van der Waals surface area contributed by atoms with Crippen LogP contribution in [0, 0.1) is 13.0 Å². The van der Waals surface area contributed by atoms with E-state index in [-0.39, 0.29) is 26.8 Å². The summed E-state index contributed by atoms with van der Waals surface area (Å²) in [5.74, 6) is 0.968. The van der Waals surface area contributed by atoms with E-state index >= 15 is 0 Å². The molecule has 7 aromatic carbocycles. The minimum Gasteiger partial charge on any atom is -0.507 e. The molecule has 6 heteroatoms. The molecule has 0 bridgehead atoms. The normalized spacial score (nSPS) is 11.4. The van der Waals surface area contributed by atoms with E-state index in [9.17, 15) is 5.11 Å². The minimum absolute atomic E-state index is 0. The summed E-state index contributed by atoms with van der Waals surface area (Å²) >= 11 is 0. The third-order valence-corrected chi connectivity index (χ3v) is 10.9. The standard InChI is InChI=1S/C53H33N2O3.Pt/c1-32-26-39(53-51(44-19-8-10-21-49(44)58-53)37-23-24-42-41-18-7-9-20-48(41)57-50(42)31-37)30-45(54-32)35-15-11-16-36(27-35)46-28-38(33-12-3-2-4-13-33)29-47(55-46)43-25-22-34-14-5-6-17-40(34)52(43)56;/h2-26,28-31,56H,1H3;/q-1;. The second kappa shape index (κ2) is 14.7. The Morgan fingerprint density at radius 3 is 1.92 bits per heavy atom. The van der Waals surface area contributed by atoms with Crippen molar-refractivity contribution in [2.75, 3.05) is 0 Å². The van der Waals surface area contributed by atoms with Crippen molar-refractivity contribution in [3.63, 3.8) is 0 Å². The van der Waals surface area contributed by atoms with Gasteiger partial charge in [-0.25, -0.2) is 0 Å². The molecule has 11 aromatic rings. The van der Waals surface area contributed by atoms with Crippen LogP contribution in [0.4, 0.5) is 0 Å². The second-order valence-corrected chi connectivity index (χ2v) is 14.6. The van der Waals surface area contributed by atoms with Crippen LogP contribution in [0.5, 0.6) is 5.75 Å². The van der Waals surface area contributed by atoms with Gasteiger partial charge in [-0.1, -0.05) is 126 Å². The number of rotatable bonds is 6. The molecule has 0 amide bonds. The van der Waals surface area contributed by atoms with Gasteiger partial charge in [0.15, 0.2) is 0 Å². The van der Waals surface area contributed by atoms with Gasteiger partial charge in [-0.15, -0.1) is 24.3 Å². The molecule has 0 fully saturated rings. The van der Waals surface area contributed by atoms with Crippen molar-refractivity contribution in [3.8, 4) is 73.1 Å². The van der Waals surface area contributed by atoms with E-state index in [1.54, 1.807) is 0 Å². The summed E-state index contributed by atoms with van der Waals surface area (Å²) in [5.41, 5.74) is 12.8. The summed E-state index contributed by atoms with van der Waals surface area (Å²) in [6.45, 7) is 2.01. The molecule has 5 nitrogen and oxygen atoms in total. The molecule has 284 valence electrons. The number of pyridine rings is 2. The van der Waals surface area contributed by atoms with Gasteiger partial charge >= 0.3 is 0 Å². The van der Waals surface area contributed by atoms with Gasteiger partial charge in [0.05, 0.1) is 5.69 Å². The molecule has 0 aliphatic rings. The molecular formula is C53H33N2O3Pt-. The zero-order valence-electron chi connectivity index (χ0n) is 31.7. The Balaban J connectivity index is 0.00000420. The third kappa shape index (κ3) is 6.41. The van der Waals surface area contributed by atoms with E-state index in [1.165, 1.54) is 0 Å². The summed E-state index contributed by atoms with van der Waals surface area (Å²) in [6, 6.07) is 62.8. The average molecular weight is 941 g/mol. The predicted octanol–water partition coefficient (Wildman–Crippen LogP) is 14.1. The first-order valence-corrected chi connectivity index (χ1v) is 19.3. The van der Waals surface area contributed by atoms with Crippen LogP contribution in [0.25, 0.3) is 111 Å². The van der Waals surface area contributed by atoms with Crippen molar-refractivity contribution >= 4 is 43.7 Å². The molecule has 0 radical (unpaired) electrons. The monoisotopic (exact) mass is 940 g/mol. The Hall–Kier alpha value is -7.07. The largest absolute Gasteiger partial charge is 0.507 e. The van der Waals surface area contributed by atoms with Crippen LogP contribution in [0.3, 0.4) is 0 Å². The summed E-state index contributed by atoms with van der Waals surface area (Å²) in [6.07, 6.45) is 0. The summed E-state index contributed by atoms with van der Waals surface area (Å²) in [5, 5.41) is 16.5. The summed E-state index contributed by atoms with van der Waals surface area (Å²) in [4.78, 5) is 10.2. The van der Waals surface area contributed by atoms with Gasteiger partial charge in [0.2, 0.25) is 0 Å². The first-order valence-electron chi connectivity index (χ1n) is 19.3. The van der Waals surface area contributed by atoms with Gasteiger partial charge in [-0.2, -0.15) is 0 Å². The van der Waals surface area contributed by atoms with Gasteiger partial charge in [0.1, 0.15) is 28.3 Å². The molecule has 11 rings (SSSR count). The summed E-state index contributed by atoms with van der Waals surface area (Å²) in [7, 11) is 0. The second-order valence-electron chi connectivity index (χ2n) is 14.6. The van der Waals surface area contributed by atoms with E-state index < -0.39 is 0 Å². The number of aromatic nitrogens is 2. The molecule has 0 saturated carbocycles. The number of para-hydroxylation sites is 2. The topological polar surface area (TPSA) is 72.3 Å². The van der Waals surface area contributed by atoms with Gasteiger partial charge in [-0.05, 0) is 71.5 Å². The van der Waals surface area contributed by atoms with Crippen LogP contribution in [0.15, 0.2) is 185 Å². The predicted molar refractivity (Wildman–Crippen MR) is 234 cm³/mol. The van der Waals surface area contributed by atoms with E-state index in [4.69, 9.17) is 18.8 Å². The molecule has 0 saturated heterocycles. The molecule has 0 atom stereocenters. The fourth-order valence-corrected chi connectivity index (χ4v) is 8.19. The quantitative estimate of drug-likeness (QED) is 0.168.